The van der Waals surface area contributed by atoms with E-state index >= 15 is 0 Å². The van der Waals surface area contributed by atoms with E-state index in [9.17, 15) is 0 Å². The molecule has 0 N–H and O–H groups in total. The van der Waals surface area contributed by atoms with Crippen molar-refractivity contribution in [2.45, 2.75) is 52.4 Å². The van der Waals surface area contributed by atoms with Crippen LogP contribution >= 0.6 is 15.9 Å². The highest BCUT2D eigenvalue weighted by molar-refractivity contribution is 9.10. The molecule has 0 atom stereocenters. The van der Waals surface area contributed by atoms with Crippen molar-refractivity contribution < 1.29 is 0 Å². The highest BCUT2D eigenvalue weighted by Crippen LogP contribution is 2.40. The summed E-state index contributed by atoms with van der Waals surface area (Å²) in [6.45, 7) is 13.7. The zero-order valence-corrected chi connectivity index (χ0v) is 19.2. The number of fused-ring (bicyclic) bond motifs is 3. The first-order valence-electron chi connectivity index (χ1n) is 9.91. The van der Waals surface area contributed by atoms with Crippen LogP contribution in [0.25, 0.3) is 27.5 Å². The van der Waals surface area contributed by atoms with E-state index in [0.717, 1.165) is 4.47 Å². The van der Waals surface area contributed by atoms with Gasteiger partial charge in [0.05, 0.1) is 11.0 Å². The van der Waals surface area contributed by atoms with Crippen molar-refractivity contribution in [3.05, 3.63) is 76.3 Å². The Kier molecular flexibility index (Phi) is 4.46. The van der Waals surface area contributed by atoms with Gasteiger partial charge >= 0.3 is 0 Å². The first-order chi connectivity index (χ1) is 13.1. The average Bonchev–Trinajstić information content (AvgIpc) is 2.95. The van der Waals surface area contributed by atoms with E-state index in [2.05, 4.69) is 123 Å². The molecule has 1 nitrogen and oxygen atoms in total. The molecule has 0 radical (unpaired) electrons. The Labute approximate surface area is 176 Å². The minimum absolute atomic E-state index is 0.0967. The van der Waals surface area contributed by atoms with Crippen molar-refractivity contribution in [2.75, 3.05) is 0 Å². The summed E-state index contributed by atoms with van der Waals surface area (Å²) in [6, 6.07) is 22.3. The quantitative estimate of drug-likeness (QED) is 0.285. The van der Waals surface area contributed by atoms with Crippen molar-refractivity contribution in [2.24, 2.45) is 0 Å². The summed E-state index contributed by atoms with van der Waals surface area (Å²) in [4.78, 5) is 0. The van der Waals surface area contributed by atoms with Crippen molar-refractivity contribution >= 4 is 37.7 Å². The van der Waals surface area contributed by atoms with Crippen LogP contribution in [-0.4, -0.2) is 4.57 Å². The summed E-state index contributed by atoms with van der Waals surface area (Å²) in [6.07, 6.45) is 0. The number of para-hydroxylation sites is 1. The summed E-state index contributed by atoms with van der Waals surface area (Å²) in [5.74, 6) is 0. The predicted molar refractivity (Wildman–Crippen MR) is 126 cm³/mol. The van der Waals surface area contributed by atoms with Crippen LogP contribution in [0.4, 0.5) is 0 Å². The molecule has 0 spiro atoms. The molecule has 1 aromatic heterocycles. The van der Waals surface area contributed by atoms with Crippen LogP contribution in [0.1, 0.15) is 52.7 Å². The zero-order valence-electron chi connectivity index (χ0n) is 17.6. The van der Waals surface area contributed by atoms with Gasteiger partial charge < -0.3 is 4.57 Å². The van der Waals surface area contributed by atoms with E-state index in [1.807, 2.05) is 0 Å². The third-order valence-electron chi connectivity index (χ3n) is 5.56. The largest absolute Gasteiger partial charge is 0.308 e. The maximum absolute atomic E-state index is 3.90. The van der Waals surface area contributed by atoms with Gasteiger partial charge in [0.15, 0.2) is 0 Å². The molecule has 0 aliphatic rings. The summed E-state index contributed by atoms with van der Waals surface area (Å²) in [5, 5.41) is 2.63. The molecule has 0 aliphatic carbocycles. The molecule has 0 amide bonds. The van der Waals surface area contributed by atoms with Crippen molar-refractivity contribution in [1.29, 1.82) is 0 Å². The second-order valence-corrected chi connectivity index (χ2v) is 10.6. The first-order valence-corrected chi connectivity index (χ1v) is 10.7. The van der Waals surface area contributed by atoms with Gasteiger partial charge in [0.2, 0.25) is 0 Å². The van der Waals surface area contributed by atoms with Crippen LogP contribution in [0.5, 0.6) is 0 Å². The monoisotopic (exact) mass is 433 g/mol. The predicted octanol–water partition coefficient (Wildman–Crippen LogP) is 8.14. The molecule has 144 valence electrons. The molecule has 0 saturated carbocycles. The van der Waals surface area contributed by atoms with E-state index in [1.54, 1.807) is 0 Å². The van der Waals surface area contributed by atoms with Gasteiger partial charge in [-0.25, -0.2) is 0 Å². The normalized spacial score (nSPS) is 12.8. The molecule has 2 heteroatoms. The molecular weight excluding hydrogens is 406 g/mol. The Morgan fingerprint density at radius 1 is 0.679 bits per heavy atom. The fraction of sp³-hybridized carbons (Fsp3) is 0.308. The highest BCUT2D eigenvalue weighted by Gasteiger charge is 2.22. The number of nitrogens with zero attached hydrogens (tertiary/aromatic N) is 1. The summed E-state index contributed by atoms with van der Waals surface area (Å²) >= 11 is 3.90. The number of hydrogen-bond donors (Lipinski definition) is 0. The summed E-state index contributed by atoms with van der Waals surface area (Å²) in [5.41, 5.74) is 6.61. The number of rotatable bonds is 1. The molecule has 3 aromatic carbocycles. The standard InChI is InChI=1S/C26H28BrN/c1-25(2,3)17-12-13-23-20(14-17)21-15-18(26(4,5)6)16-22(27)24(21)28(23)19-10-8-7-9-11-19/h7-16H,1-6H3. The minimum Gasteiger partial charge on any atom is -0.308 e. The Bertz CT molecular complexity index is 1170. The van der Waals surface area contributed by atoms with E-state index in [4.69, 9.17) is 0 Å². The van der Waals surface area contributed by atoms with Crippen molar-refractivity contribution in [1.82, 2.24) is 4.57 Å². The molecule has 0 saturated heterocycles. The molecule has 4 rings (SSSR count). The van der Waals surface area contributed by atoms with Gasteiger partial charge in [-0.1, -0.05) is 65.8 Å². The zero-order chi connectivity index (χ0) is 20.3. The Morgan fingerprint density at radius 3 is 1.89 bits per heavy atom. The Morgan fingerprint density at radius 2 is 1.29 bits per heavy atom. The Balaban J connectivity index is 2.19. The lowest BCUT2D eigenvalue weighted by Crippen LogP contribution is -2.11. The van der Waals surface area contributed by atoms with Crippen LogP contribution < -0.4 is 0 Å². The number of aromatic nitrogens is 1. The number of benzene rings is 3. The lowest BCUT2D eigenvalue weighted by Gasteiger charge is -2.20. The van der Waals surface area contributed by atoms with Crippen LogP contribution in [-0.2, 0) is 10.8 Å². The summed E-state index contributed by atoms with van der Waals surface area (Å²) < 4.78 is 3.53. The maximum atomic E-state index is 3.90. The van der Waals surface area contributed by atoms with Crippen LogP contribution in [0.15, 0.2) is 65.1 Å². The molecule has 0 fully saturated rings. The lowest BCUT2D eigenvalue weighted by atomic mass is 9.85. The third kappa shape index (κ3) is 3.18. The molecule has 1 heterocycles. The van der Waals surface area contributed by atoms with E-state index in [1.165, 1.54) is 38.6 Å². The van der Waals surface area contributed by atoms with Gasteiger partial charge in [-0.3, -0.25) is 0 Å². The van der Waals surface area contributed by atoms with Crippen molar-refractivity contribution in [3.63, 3.8) is 0 Å². The van der Waals surface area contributed by atoms with Crippen molar-refractivity contribution in [3.8, 4) is 5.69 Å². The van der Waals surface area contributed by atoms with Gasteiger partial charge in [-0.05, 0) is 74.3 Å². The van der Waals surface area contributed by atoms with Gasteiger partial charge in [0, 0.05) is 20.9 Å². The van der Waals surface area contributed by atoms with Gasteiger partial charge in [-0.15, -0.1) is 0 Å². The minimum atomic E-state index is 0.0967. The maximum Gasteiger partial charge on any atom is 0.0683 e. The molecule has 0 bridgehead atoms. The van der Waals surface area contributed by atoms with E-state index in [-0.39, 0.29) is 10.8 Å². The fourth-order valence-corrected chi connectivity index (χ4v) is 4.48. The van der Waals surface area contributed by atoms with Gasteiger partial charge in [0.25, 0.3) is 0 Å². The molecule has 28 heavy (non-hydrogen) atoms. The number of halogens is 1. The first kappa shape index (κ1) is 19.3. The fourth-order valence-electron chi connectivity index (χ4n) is 3.84. The molecular formula is C26H28BrN. The smallest absolute Gasteiger partial charge is 0.0683 e. The number of hydrogen-bond acceptors (Lipinski definition) is 0. The third-order valence-corrected chi connectivity index (χ3v) is 6.17. The highest BCUT2D eigenvalue weighted by atomic mass is 79.9. The van der Waals surface area contributed by atoms with E-state index in [0.29, 0.717) is 0 Å². The van der Waals surface area contributed by atoms with Gasteiger partial charge in [-0.2, -0.15) is 0 Å². The van der Waals surface area contributed by atoms with Crippen LogP contribution in [0.2, 0.25) is 0 Å². The van der Waals surface area contributed by atoms with Crippen LogP contribution in [0, 0.1) is 0 Å². The topological polar surface area (TPSA) is 4.93 Å². The van der Waals surface area contributed by atoms with E-state index < -0.39 is 0 Å². The summed E-state index contributed by atoms with van der Waals surface area (Å²) in [7, 11) is 0. The second kappa shape index (κ2) is 6.49. The second-order valence-electron chi connectivity index (χ2n) is 9.76. The molecule has 4 aromatic rings. The molecule has 0 unspecified atom stereocenters. The Hall–Kier alpha value is -2.06. The van der Waals surface area contributed by atoms with Gasteiger partial charge in [0.1, 0.15) is 0 Å². The van der Waals surface area contributed by atoms with Crippen LogP contribution in [0.3, 0.4) is 0 Å². The lowest BCUT2D eigenvalue weighted by molar-refractivity contribution is 0.590. The SMILES string of the molecule is CC(C)(C)c1ccc2c(c1)c1cc(C(C)(C)C)cc(Br)c1n2-c1ccccc1. The average molecular weight is 434 g/mol. The molecule has 0 aliphatic heterocycles.